The van der Waals surface area contributed by atoms with Crippen LogP contribution in [0.3, 0.4) is 0 Å². The summed E-state index contributed by atoms with van der Waals surface area (Å²) in [5.41, 5.74) is -0.156. The molecule has 1 aliphatic carbocycles. The van der Waals surface area contributed by atoms with E-state index >= 15 is 0 Å². The van der Waals surface area contributed by atoms with Crippen LogP contribution >= 0.6 is 0 Å². The van der Waals surface area contributed by atoms with E-state index in [0.717, 1.165) is 19.4 Å². The summed E-state index contributed by atoms with van der Waals surface area (Å²) in [6.45, 7) is 9.83. The largest absolute Gasteiger partial charge is 0.444 e. The van der Waals surface area contributed by atoms with Crippen LogP contribution in [0.4, 0.5) is 4.79 Å². The normalized spacial score (nSPS) is 21.9. The van der Waals surface area contributed by atoms with Crippen LogP contribution in [0.15, 0.2) is 0 Å². The van der Waals surface area contributed by atoms with Gasteiger partial charge >= 0.3 is 6.09 Å². The summed E-state index contributed by atoms with van der Waals surface area (Å²) in [5, 5.41) is 3.10. The van der Waals surface area contributed by atoms with Gasteiger partial charge in [0.05, 0.1) is 0 Å². The van der Waals surface area contributed by atoms with E-state index in [4.69, 9.17) is 4.74 Å². The van der Waals surface area contributed by atoms with E-state index in [-0.39, 0.29) is 17.9 Å². The molecular weight excluding hydrogens is 280 g/mol. The Morgan fingerprint density at radius 2 is 1.82 bits per heavy atom. The van der Waals surface area contributed by atoms with Crippen LogP contribution in [0, 0.1) is 11.3 Å². The number of ether oxygens (including phenoxy) is 1. The van der Waals surface area contributed by atoms with Crippen molar-refractivity contribution in [2.75, 3.05) is 19.6 Å². The molecule has 2 fully saturated rings. The Hall–Kier alpha value is -1.26. The Morgan fingerprint density at radius 3 is 2.27 bits per heavy atom. The lowest BCUT2D eigenvalue weighted by Gasteiger charge is -2.39. The molecule has 1 heterocycles. The molecule has 1 saturated heterocycles. The molecule has 5 nitrogen and oxygen atoms in total. The van der Waals surface area contributed by atoms with E-state index in [9.17, 15) is 9.59 Å². The lowest BCUT2D eigenvalue weighted by Crippen LogP contribution is -2.47. The molecule has 0 spiro atoms. The fraction of sp³-hybridized carbons (Fsp3) is 0.882. The molecular formula is C17H30N2O3. The first-order valence-corrected chi connectivity index (χ1v) is 8.44. The lowest BCUT2D eigenvalue weighted by molar-refractivity contribution is -0.127. The minimum Gasteiger partial charge on any atom is -0.444 e. The van der Waals surface area contributed by atoms with Gasteiger partial charge in [0, 0.05) is 25.6 Å². The molecule has 2 aliphatic rings. The zero-order valence-corrected chi connectivity index (χ0v) is 14.4. The topological polar surface area (TPSA) is 58.6 Å². The van der Waals surface area contributed by atoms with Crippen molar-refractivity contribution in [2.24, 2.45) is 11.3 Å². The third kappa shape index (κ3) is 4.62. The summed E-state index contributed by atoms with van der Waals surface area (Å²) in [4.78, 5) is 26.0. The second-order valence-electron chi connectivity index (χ2n) is 8.12. The molecule has 2 rings (SSSR count). The van der Waals surface area contributed by atoms with Crippen molar-refractivity contribution >= 4 is 12.0 Å². The highest BCUT2D eigenvalue weighted by molar-refractivity contribution is 5.79. The summed E-state index contributed by atoms with van der Waals surface area (Å²) < 4.78 is 5.37. The van der Waals surface area contributed by atoms with Gasteiger partial charge in [-0.25, -0.2) is 4.79 Å². The van der Waals surface area contributed by atoms with E-state index in [1.165, 1.54) is 19.3 Å². The number of likely N-dealkylation sites (tertiary alicyclic amines) is 1. The highest BCUT2D eigenvalue weighted by Crippen LogP contribution is 2.39. The Labute approximate surface area is 133 Å². The monoisotopic (exact) mass is 310 g/mol. The van der Waals surface area contributed by atoms with Crippen molar-refractivity contribution in [3.05, 3.63) is 0 Å². The molecule has 126 valence electrons. The molecule has 1 N–H and O–H groups in total. The smallest absolute Gasteiger partial charge is 0.410 e. The summed E-state index contributed by atoms with van der Waals surface area (Å²) in [7, 11) is 0. The standard InChI is InChI=1S/C17H30N2O3/c1-16(2,3)22-15(21)19-10-6-13(7-11-19)14(20)18-12-17(4)8-5-9-17/h13H,5-12H2,1-4H3,(H,18,20). The van der Waals surface area contributed by atoms with Crippen LogP contribution in [0.25, 0.3) is 0 Å². The molecule has 0 aromatic rings. The number of carbonyl (C=O) groups excluding carboxylic acids is 2. The van der Waals surface area contributed by atoms with Crippen LogP contribution < -0.4 is 5.32 Å². The first-order valence-electron chi connectivity index (χ1n) is 8.44. The number of nitrogens with zero attached hydrogens (tertiary/aromatic N) is 1. The van der Waals surface area contributed by atoms with Crippen LogP contribution in [0.5, 0.6) is 0 Å². The van der Waals surface area contributed by atoms with E-state index in [1.807, 2.05) is 20.8 Å². The minimum absolute atomic E-state index is 0.0300. The van der Waals surface area contributed by atoms with E-state index < -0.39 is 5.60 Å². The number of piperidine rings is 1. The third-order valence-electron chi connectivity index (χ3n) is 4.77. The molecule has 2 amide bonds. The Bertz CT molecular complexity index is 416. The van der Waals surface area contributed by atoms with Crippen molar-refractivity contribution in [1.82, 2.24) is 10.2 Å². The van der Waals surface area contributed by atoms with Crippen LogP contribution in [-0.2, 0) is 9.53 Å². The predicted octanol–water partition coefficient (Wildman–Crippen LogP) is 2.94. The van der Waals surface area contributed by atoms with Crippen molar-refractivity contribution < 1.29 is 14.3 Å². The zero-order chi connectivity index (χ0) is 16.4. The average molecular weight is 310 g/mol. The first kappa shape index (κ1) is 17.1. The molecule has 0 aromatic carbocycles. The molecule has 5 heteroatoms. The van der Waals surface area contributed by atoms with Gasteiger partial charge in [-0.05, 0) is 51.9 Å². The lowest BCUT2D eigenvalue weighted by atomic mass is 9.70. The van der Waals surface area contributed by atoms with Gasteiger partial charge in [0.1, 0.15) is 5.60 Å². The second-order valence-corrected chi connectivity index (χ2v) is 8.12. The summed E-state index contributed by atoms with van der Waals surface area (Å²) in [6.07, 6.45) is 4.88. The molecule has 0 bridgehead atoms. The molecule has 0 aromatic heterocycles. The van der Waals surface area contributed by atoms with Gasteiger partial charge in [-0.1, -0.05) is 13.3 Å². The first-order chi connectivity index (χ1) is 10.2. The van der Waals surface area contributed by atoms with Gasteiger partial charge in [-0.2, -0.15) is 0 Å². The number of rotatable bonds is 3. The van der Waals surface area contributed by atoms with Gasteiger partial charge in [0.15, 0.2) is 0 Å². The summed E-state index contributed by atoms with van der Waals surface area (Å²) in [6, 6.07) is 0. The number of nitrogens with one attached hydrogen (secondary N) is 1. The average Bonchev–Trinajstić information content (AvgIpc) is 2.41. The molecule has 0 radical (unpaired) electrons. The van der Waals surface area contributed by atoms with Crippen LogP contribution in [0.1, 0.15) is 59.8 Å². The van der Waals surface area contributed by atoms with Crippen molar-refractivity contribution in [2.45, 2.75) is 65.4 Å². The van der Waals surface area contributed by atoms with Crippen molar-refractivity contribution in [1.29, 1.82) is 0 Å². The maximum Gasteiger partial charge on any atom is 0.410 e. The van der Waals surface area contributed by atoms with Crippen LogP contribution in [0.2, 0.25) is 0 Å². The summed E-state index contributed by atoms with van der Waals surface area (Å²) >= 11 is 0. The van der Waals surface area contributed by atoms with Gasteiger partial charge in [-0.15, -0.1) is 0 Å². The molecule has 22 heavy (non-hydrogen) atoms. The molecule has 0 unspecified atom stereocenters. The highest BCUT2D eigenvalue weighted by Gasteiger charge is 2.34. The maximum absolute atomic E-state index is 12.2. The number of carbonyl (C=O) groups is 2. The van der Waals surface area contributed by atoms with E-state index in [2.05, 4.69) is 12.2 Å². The fourth-order valence-corrected chi connectivity index (χ4v) is 3.05. The maximum atomic E-state index is 12.2. The van der Waals surface area contributed by atoms with Gasteiger partial charge in [0.25, 0.3) is 0 Å². The van der Waals surface area contributed by atoms with Crippen molar-refractivity contribution in [3.63, 3.8) is 0 Å². The Morgan fingerprint density at radius 1 is 1.23 bits per heavy atom. The SMILES string of the molecule is CC1(CNC(=O)C2CCN(C(=O)OC(C)(C)C)CC2)CCC1. The van der Waals surface area contributed by atoms with E-state index in [1.54, 1.807) is 4.90 Å². The molecule has 0 atom stereocenters. The van der Waals surface area contributed by atoms with Gasteiger partial charge < -0.3 is 15.0 Å². The zero-order valence-electron chi connectivity index (χ0n) is 14.4. The number of amides is 2. The number of hydrogen-bond acceptors (Lipinski definition) is 3. The van der Waals surface area contributed by atoms with E-state index in [0.29, 0.717) is 18.5 Å². The second kappa shape index (κ2) is 6.47. The van der Waals surface area contributed by atoms with Gasteiger partial charge in [-0.3, -0.25) is 4.79 Å². The number of hydrogen-bond donors (Lipinski definition) is 1. The van der Waals surface area contributed by atoms with Crippen molar-refractivity contribution in [3.8, 4) is 0 Å². The Balaban J connectivity index is 1.72. The minimum atomic E-state index is -0.469. The van der Waals surface area contributed by atoms with Crippen LogP contribution in [-0.4, -0.2) is 42.1 Å². The third-order valence-corrected chi connectivity index (χ3v) is 4.77. The fourth-order valence-electron chi connectivity index (χ4n) is 3.05. The Kier molecular flexibility index (Phi) is 5.03. The quantitative estimate of drug-likeness (QED) is 0.872. The predicted molar refractivity (Wildman–Crippen MR) is 85.5 cm³/mol. The molecule has 1 aliphatic heterocycles. The molecule has 1 saturated carbocycles. The summed E-state index contributed by atoms with van der Waals surface area (Å²) in [5.74, 6) is 0.180. The van der Waals surface area contributed by atoms with Gasteiger partial charge in [0.2, 0.25) is 5.91 Å². The highest BCUT2D eigenvalue weighted by atomic mass is 16.6.